The Kier molecular flexibility index (Phi) is 5.55. The number of hydrogen-bond acceptors (Lipinski definition) is 4. The molecule has 2 aromatic carbocycles. The summed E-state index contributed by atoms with van der Waals surface area (Å²) >= 11 is 0. The highest BCUT2D eigenvalue weighted by Crippen LogP contribution is 2.26. The van der Waals surface area contributed by atoms with Gasteiger partial charge in [0.15, 0.2) is 0 Å². The van der Waals surface area contributed by atoms with Gasteiger partial charge in [-0.2, -0.15) is 0 Å². The second kappa shape index (κ2) is 7.61. The van der Waals surface area contributed by atoms with Gasteiger partial charge in [0, 0.05) is 6.04 Å². The third-order valence-electron chi connectivity index (χ3n) is 3.32. The molecule has 0 saturated carbocycles. The maximum absolute atomic E-state index is 11.4. The Bertz CT molecular complexity index is 622. The summed E-state index contributed by atoms with van der Waals surface area (Å²) in [6.07, 6.45) is 0.172. The Morgan fingerprint density at radius 2 is 1.82 bits per heavy atom. The molecule has 0 radical (unpaired) electrons. The first-order valence-electron chi connectivity index (χ1n) is 7.34. The highest BCUT2D eigenvalue weighted by Gasteiger charge is 2.12. The molecule has 0 unspecified atom stereocenters. The molecule has 4 heteroatoms. The minimum Gasteiger partial charge on any atom is -0.466 e. The molecule has 0 spiro atoms. The minimum atomic E-state index is -0.369. The lowest BCUT2D eigenvalue weighted by Gasteiger charge is -2.13. The predicted molar refractivity (Wildman–Crippen MR) is 85.9 cm³/mol. The number of esters is 1. The summed E-state index contributed by atoms with van der Waals surface area (Å²) in [4.78, 5) is 11.4. The molecule has 0 aliphatic heterocycles. The van der Waals surface area contributed by atoms with Crippen LogP contribution < -0.4 is 10.5 Å². The van der Waals surface area contributed by atoms with E-state index in [-0.39, 0.29) is 18.4 Å². The van der Waals surface area contributed by atoms with Crippen LogP contribution in [0.3, 0.4) is 0 Å². The fourth-order valence-electron chi connectivity index (χ4n) is 2.10. The molecule has 0 amide bonds. The monoisotopic (exact) mass is 299 g/mol. The molecule has 0 saturated heterocycles. The zero-order valence-corrected chi connectivity index (χ0v) is 12.9. The van der Waals surface area contributed by atoms with E-state index in [0.29, 0.717) is 6.61 Å². The van der Waals surface area contributed by atoms with Crippen LogP contribution >= 0.6 is 0 Å². The summed E-state index contributed by atoms with van der Waals surface area (Å²) in [6.45, 7) is 4.15. The quantitative estimate of drug-likeness (QED) is 0.825. The first kappa shape index (κ1) is 16.0. The third-order valence-corrected chi connectivity index (χ3v) is 3.32. The molecule has 2 aromatic rings. The van der Waals surface area contributed by atoms with E-state index >= 15 is 0 Å². The van der Waals surface area contributed by atoms with Crippen molar-refractivity contribution >= 4 is 5.97 Å². The van der Waals surface area contributed by atoms with E-state index in [9.17, 15) is 4.79 Å². The van der Waals surface area contributed by atoms with Crippen LogP contribution in [0.15, 0.2) is 48.5 Å². The van der Waals surface area contributed by atoms with E-state index in [1.165, 1.54) is 0 Å². The largest absolute Gasteiger partial charge is 0.466 e. The van der Waals surface area contributed by atoms with Crippen LogP contribution in [0, 0.1) is 6.92 Å². The molecule has 0 fully saturated rings. The van der Waals surface area contributed by atoms with Gasteiger partial charge in [0.25, 0.3) is 0 Å². The topological polar surface area (TPSA) is 61.5 Å². The van der Waals surface area contributed by atoms with Gasteiger partial charge in [-0.25, -0.2) is 0 Å². The third kappa shape index (κ3) is 4.33. The minimum absolute atomic E-state index is 0.172. The molecule has 2 N–H and O–H groups in total. The van der Waals surface area contributed by atoms with E-state index in [1.807, 2.05) is 55.5 Å². The van der Waals surface area contributed by atoms with Gasteiger partial charge in [0.2, 0.25) is 0 Å². The molecule has 2 rings (SSSR count). The van der Waals surface area contributed by atoms with E-state index in [4.69, 9.17) is 15.2 Å². The molecular weight excluding hydrogens is 278 g/mol. The summed E-state index contributed by atoms with van der Waals surface area (Å²) in [5, 5.41) is 0. The maximum Gasteiger partial charge on any atom is 0.307 e. The number of hydrogen-bond donors (Lipinski definition) is 1. The van der Waals surface area contributed by atoms with Crippen molar-refractivity contribution in [2.24, 2.45) is 5.73 Å². The molecule has 0 aromatic heterocycles. The second-order valence-corrected chi connectivity index (χ2v) is 5.05. The molecule has 0 aliphatic carbocycles. The van der Waals surface area contributed by atoms with Crippen LogP contribution in [-0.2, 0) is 9.53 Å². The van der Waals surface area contributed by atoms with Gasteiger partial charge >= 0.3 is 5.97 Å². The van der Waals surface area contributed by atoms with Crippen LogP contribution in [-0.4, -0.2) is 12.6 Å². The van der Waals surface area contributed by atoms with Gasteiger partial charge in [0.05, 0.1) is 13.0 Å². The smallest absolute Gasteiger partial charge is 0.307 e. The normalized spacial score (nSPS) is 11.8. The van der Waals surface area contributed by atoms with Crippen molar-refractivity contribution in [3.8, 4) is 11.5 Å². The lowest BCUT2D eigenvalue weighted by atomic mass is 10.0. The number of aryl methyl sites for hydroxylation is 1. The Hall–Kier alpha value is -2.33. The van der Waals surface area contributed by atoms with Gasteiger partial charge in [-0.3, -0.25) is 4.79 Å². The Morgan fingerprint density at radius 3 is 2.45 bits per heavy atom. The summed E-state index contributed by atoms with van der Waals surface area (Å²) in [5.74, 6) is 1.28. The summed E-state index contributed by atoms with van der Waals surface area (Å²) in [6, 6.07) is 14.9. The Balaban J connectivity index is 2.01. The van der Waals surface area contributed by atoms with Crippen molar-refractivity contribution < 1.29 is 14.3 Å². The molecule has 4 nitrogen and oxygen atoms in total. The predicted octanol–water partition coefficient (Wildman–Crippen LogP) is 3.74. The number of ether oxygens (including phenoxy) is 2. The van der Waals surface area contributed by atoms with Crippen LogP contribution in [0.1, 0.15) is 30.5 Å². The standard InChI is InChI=1S/C18H21NO3/c1-3-21-18(20)12-16(19)14-8-10-15(11-9-14)22-17-7-5-4-6-13(17)2/h4-11,16H,3,12,19H2,1-2H3/t16-/m0/s1. The van der Waals surface area contributed by atoms with Crippen LogP contribution in [0.5, 0.6) is 11.5 Å². The van der Waals surface area contributed by atoms with E-state index < -0.39 is 0 Å². The molecular formula is C18H21NO3. The van der Waals surface area contributed by atoms with E-state index in [0.717, 1.165) is 22.6 Å². The SMILES string of the molecule is CCOC(=O)C[C@H](N)c1ccc(Oc2ccccc2C)cc1. The first-order valence-corrected chi connectivity index (χ1v) is 7.34. The van der Waals surface area contributed by atoms with Gasteiger partial charge in [0.1, 0.15) is 11.5 Å². The van der Waals surface area contributed by atoms with E-state index in [2.05, 4.69) is 0 Å². The number of nitrogens with two attached hydrogens (primary N) is 1. The van der Waals surface area contributed by atoms with Gasteiger partial charge < -0.3 is 15.2 Å². The highest BCUT2D eigenvalue weighted by atomic mass is 16.5. The van der Waals surface area contributed by atoms with Crippen molar-refractivity contribution in [2.45, 2.75) is 26.3 Å². The van der Waals surface area contributed by atoms with E-state index in [1.54, 1.807) is 6.92 Å². The molecule has 0 heterocycles. The number of rotatable bonds is 6. The molecule has 116 valence electrons. The summed E-state index contributed by atoms with van der Waals surface area (Å²) in [7, 11) is 0. The fraction of sp³-hybridized carbons (Fsp3) is 0.278. The van der Waals surface area contributed by atoms with Crippen molar-refractivity contribution in [1.82, 2.24) is 0 Å². The summed E-state index contributed by atoms with van der Waals surface area (Å²) in [5.41, 5.74) is 7.97. The van der Waals surface area contributed by atoms with Crippen molar-refractivity contribution in [2.75, 3.05) is 6.61 Å². The lowest BCUT2D eigenvalue weighted by molar-refractivity contribution is -0.143. The van der Waals surface area contributed by atoms with Crippen molar-refractivity contribution in [1.29, 1.82) is 0 Å². The Morgan fingerprint density at radius 1 is 1.14 bits per heavy atom. The van der Waals surface area contributed by atoms with Gasteiger partial charge in [-0.15, -0.1) is 0 Å². The van der Waals surface area contributed by atoms with Crippen LogP contribution in [0.25, 0.3) is 0 Å². The number of para-hydroxylation sites is 1. The number of carbonyl (C=O) groups excluding carboxylic acids is 1. The number of carbonyl (C=O) groups is 1. The number of benzene rings is 2. The fourth-order valence-corrected chi connectivity index (χ4v) is 2.10. The highest BCUT2D eigenvalue weighted by molar-refractivity contribution is 5.70. The second-order valence-electron chi connectivity index (χ2n) is 5.05. The van der Waals surface area contributed by atoms with Crippen molar-refractivity contribution in [3.05, 3.63) is 59.7 Å². The van der Waals surface area contributed by atoms with Gasteiger partial charge in [-0.05, 0) is 43.2 Å². The molecule has 1 atom stereocenters. The molecule has 0 bridgehead atoms. The van der Waals surface area contributed by atoms with Gasteiger partial charge in [-0.1, -0.05) is 30.3 Å². The molecule has 22 heavy (non-hydrogen) atoms. The maximum atomic E-state index is 11.4. The summed E-state index contributed by atoms with van der Waals surface area (Å²) < 4.78 is 10.7. The van der Waals surface area contributed by atoms with Crippen molar-refractivity contribution in [3.63, 3.8) is 0 Å². The average Bonchev–Trinajstić information content (AvgIpc) is 2.50. The van der Waals surface area contributed by atoms with Crippen LogP contribution in [0.4, 0.5) is 0 Å². The first-order chi connectivity index (χ1) is 10.6. The zero-order valence-electron chi connectivity index (χ0n) is 12.9. The molecule has 0 aliphatic rings. The van der Waals surface area contributed by atoms with Crippen LogP contribution in [0.2, 0.25) is 0 Å². The lowest BCUT2D eigenvalue weighted by Crippen LogP contribution is -2.17. The Labute approximate surface area is 130 Å². The average molecular weight is 299 g/mol. The zero-order chi connectivity index (χ0) is 15.9.